The Labute approximate surface area is 89.6 Å². The maximum absolute atomic E-state index is 3.84. The molecule has 0 aliphatic carbocycles. The summed E-state index contributed by atoms with van der Waals surface area (Å²) in [5.74, 6) is 0. The van der Waals surface area contributed by atoms with Gasteiger partial charge in [0.15, 0.2) is 0 Å². The van der Waals surface area contributed by atoms with Crippen molar-refractivity contribution >= 4 is 62.7 Å². The average Bonchev–Trinajstić information content (AvgIpc) is 1.86. The molecule has 7 heavy (non-hydrogen) atoms. The molecule has 1 rings (SSSR count). The Morgan fingerprint density at radius 2 is 2.43 bits per heavy atom. The maximum Gasteiger partial charge on any atom is 0.0794 e. The van der Waals surface area contributed by atoms with Gasteiger partial charge < -0.3 is 0 Å². The van der Waals surface area contributed by atoms with E-state index in [2.05, 4.69) is 4.98 Å². The molecule has 1 radical (unpaired) electrons. The van der Waals surface area contributed by atoms with E-state index in [0.717, 1.165) is 0 Å². The predicted octanol–water partition coefficient (Wildman–Crippen LogP) is 1.07. The van der Waals surface area contributed by atoms with Crippen LogP contribution in [-0.2, 0) is 0 Å². The molecular formula is C4H5KNS. The summed E-state index contributed by atoms with van der Waals surface area (Å²) in [4.78, 5) is 5.11. The van der Waals surface area contributed by atoms with Gasteiger partial charge in [-0.05, 0) is 6.92 Å². The molecule has 0 saturated heterocycles. The number of hydrogen-bond donors (Lipinski definition) is 0. The van der Waals surface area contributed by atoms with E-state index < -0.39 is 0 Å². The van der Waals surface area contributed by atoms with Crippen LogP contribution in [0.3, 0.4) is 0 Å². The molecule has 0 spiro atoms. The van der Waals surface area contributed by atoms with Crippen LogP contribution >= 0.6 is 11.3 Å². The molecule has 0 aromatic carbocycles. The van der Waals surface area contributed by atoms with Crippen molar-refractivity contribution in [2.75, 3.05) is 0 Å². The second kappa shape index (κ2) is 4.18. The molecule has 1 nitrogen and oxygen atoms in total. The van der Waals surface area contributed by atoms with Crippen LogP contribution in [0.4, 0.5) is 0 Å². The topological polar surface area (TPSA) is 12.9 Å². The van der Waals surface area contributed by atoms with Crippen molar-refractivity contribution in [2.24, 2.45) is 0 Å². The van der Waals surface area contributed by atoms with Gasteiger partial charge in [0.2, 0.25) is 0 Å². The molecule has 3 heteroatoms. The number of rotatable bonds is 0. The van der Waals surface area contributed by atoms with E-state index in [1.807, 2.05) is 18.6 Å². The zero-order chi connectivity index (χ0) is 4.41. The molecule has 33 valence electrons. The Morgan fingerprint density at radius 3 is 2.57 bits per heavy atom. The minimum absolute atomic E-state index is 0. The third-order valence-corrected chi connectivity index (χ3v) is 1.26. The Kier molecular flexibility index (Phi) is 4.93. The summed E-state index contributed by atoms with van der Waals surface area (Å²) in [6.07, 6.45) is 1.85. The molecule has 0 saturated carbocycles. The van der Waals surface area contributed by atoms with Gasteiger partial charge in [0.05, 0.1) is 5.51 Å². The van der Waals surface area contributed by atoms with Crippen molar-refractivity contribution in [2.45, 2.75) is 6.92 Å². The SMILES string of the molecule is Cc1cncs1.[K]. The smallest absolute Gasteiger partial charge is 0.0794 e. The Bertz CT molecular complexity index is 115. The number of thiazole rings is 1. The number of hydrogen-bond acceptors (Lipinski definition) is 2. The van der Waals surface area contributed by atoms with Gasteiger partial charge in [0, 0.05) is 62.5 Å². The van der Waals surface area contributed by atoms with Gasteiger partial charge in [-0.1, -0.05) is 0 Å². The van der Waals surface area contributed by atoms with Crippen LogP contribution in [0.25, 0.3) is 0 Å². The largest absolute Gasteiger partial charge is 0.253 e. The molecule has 0 aliphatic rings. The standard InChI is InChI=1S/C4H5NS.K/c1-4-2-5-3-6-4;/h2-3H,1H3;. The molecule has 1 heterocycles. The van der Waals surface area contributed by atoms with Crippen molar-refractivity contribution in [3.05, 3.63) is 16.6 Å². The van der Waals surface area contributed by atoms with E-state index in [-0.39, 0.29) is 51.4 Å². The van der Waals surface area contributed by atoms with Crippen LogP contribution in [-0.4, -0.2) is 56.4 Å². The molecule has 0 aliphatic heterocycles. The second-order valence-electron chi connectivity index (χ2n) is 1.11. The molecule has 0 N–H and O–H groups in total. The van der Waals surface area contributed by atoms with Gasteiger partial charge >= 0.3 is 0 Å². The fraction of sp³-hybridized carbons (Fsp3) is 0.250. The summed E-state index contributed by atoms with van der Waals surface area (Å²) < 4.78 is 0. The number of aromatic nitrogens is 1. The number of nitrogens with zero attached hydrogens (tertiary/aromatic N) is 1. The molecule has 0 atom stereocenters. The first-order valence-corrected chi connectivity index (χ1v) is 2.62. The Balaban J connectivity index is 0.000000360. The summed E-state index contributed by atoms with van der Waals surface area (Å²) in [5.41, 5.74) is 1.83. The van der Waals surface area contributed by atoms with Crippen LogP contribution in [0.15, 0.2) is 11.7 Å². The van der Waals surface area contributed by atoms with Crippen molar-refractivity contribution in [3.63, 3.8) is 0 Å². The van der Waals surface area contributed by atoms with Gasteiger partial charge in [-0.2, -0.15) is 0 Å². The van der Waals surface area contributed by atoms with E-state index in [1.165, 1.54) is 4.88 Å². The zero-order valence-corrected chi connectivity index (χ0v) is 8.45. The van der Waals surface area contributed by atoms with E-state index in [0.29, 0.717) is 0 Å². The summed E-state index contributed by atoms with van der Waals surface area (Å²) in [5, 5.41) is 0. The first-order valence-electron chi connectivity index (χ1n) is 1.74. The van der Waals surface area contributed by atoms with Crippen LogP contribution in [0.2, 0.25) is 0 Å². The average molecular weight is 138 g/mol. The van der Waals surface area contributed by atoms with Crippen molar-refractivity contribution < 1.29 is 0 Å². The monoisotopic (exact) mass is 138 g/mol. The summed E-state index contributed by atoms with van der Waals surface area (Å²) >= 11 is 1.67. The van der Waals surface area contributed by atoms with Crippen LogP contribution < -0.4 is 0 Å². The minimum atomic E-state index is 0. The molecular weight excluding hydrogens is 133 g/mol. The van der Waals surface area contributed by atoms with Crippen molar-refractivity contribution in [1.29, 1.82) is 0 Å². The van der Waals surface area contributed by atoms with Gasteiger partial charge in [0.25, 0.3) is 0 Å². The Hall–Kier alpha value is 1.27. The van der Waals surface area contributed by atoms with Gasteiger partial charge in [-0.25, -0.2) is 0 Å². The molecule has 0 amide bonds. The first-order chi connectivity index (χ1) is 2.89. The minimum Gasteiger partial charge on any atom is -0.253 e. The van der Waals surface area contributed by atoms with Crippen LogP contribution in [0, 0.1) is 6.92 Å². The van der Waals surface area contributed by atoms with E-state index in [9.17, 15) is 0 Å². The third-order valence-electron chi connectivity index (χ3n) is 0.556. The van der Waals surface area contributed by atoms with Crippen LogP contribution in [0.5, 0.6) is 0 Å². The summed E-state index contributed by atoms with van der Waals surface area (Å²) in [6.45, 7) is 2.04. The zero-order valence-electron chi connectivity index (χ0n) is 4.51. The van der Waals surface area contributed by atoms with E-state index in [1.54, 1.807) is 11.3 Å². The van der Waals surface area contributed by atoms with Crippen molar-refractivity contribution in [3.8, 4) is 0 Å². The molecule has 1 aromatic rings. The quantitative estimate of drug-likeness (QED) is 0.489. The second-order valence-corrected chi connectivity index (χ2v) is 2.20. The molecule has 0 fully saturated rings. The van der Waals surface area contributed by atoms with Crippen LogP contribution in [0.1, 0.15) is 4.88 Å². The molecule has 1 aromatic heterocycles. The summed E-state index contributed by atoms with van der Waals surface area (Å²) in [6, 6.07) is 0. The number of aryl methyl sites for hydroxylation is 1. The predicted molar refractivity (Wildman–Crippen MR) is 32.6 cm³/mol. The molecule has 0 bridgehead atoms. The Morgan fingerprint density at radius 1 is 1.71 bits per heavy atom. The molecule has 0 unspecified atom stereocenters. The van der Waals surface area contributed by atoms with E-state index in [4.69, 9.17) is 0 Å². The fourth-order valence-electron chi connectivity index (χ4n) is 0.279. The third kappa shape index (κ3) is 2.95. The van der Waals surface area contributed by atoms with E-state index >= 15 is 0 Å². The van der Waals surface area contributed by atoms with Crippen molar-refractivity contribution in [1.82, 2.24) is 4.98 Å². The van der Waals surface area contributed by atoms with Gasteiger partial charge in [-0.15, -0.1) is 11.3 Å². The first kappa shape index (κ1) is 8.27. The maximum atomic E-state index is 3.84. The van der Waals surface area contributed by atoms with Gasteiger partial charge in [0.1, 0.15) is 0 Å². The normalized spacial score (nSPS) is 7.57. The summed E-state index contributed by atoms with van der Waals surface area (Å²) in [7, 11) is 0. The fourth-order valence-corrected chi connectivity index (χ4v) is 0.689. The van der Waals surface area contributed by atoms with Gasteiger partial charge in [-0.3, -0.25) is 4.98 Å².